The fourth-order valence-electron chi connectivity index (χ4n) is 3.31. The Morgan fingerprint density at radius 3 is 3.00 bits per heavy atom. The molecule has 0 amide bonds. The Hall–Kier alpha value is -2.67. The zero-order valence-corrected chi connectivity index (χ0v) is 15.1. The van der Waals surface area contributed by atoms with Crippen LogP contribution in [-0.4, -0.2) is 21.0 Å². The van der Waals surface area contributed by atoms with E-state index in [1.165, 1.54) is 10.9 Å². The molecule has 4 rings (SSSR count). The molecule has 0 spiro atoms. The summed E-state index contributed by atoms with van der Waals surface area (Å²) < 4.78 is 5.23. The molecule has 0 radical (unpaired) electrons. The number of fused-ring (bicyclic) bond motifs is 3. The van der Waals surface area contributed by atoms with Gasteiger partial charge in [0.05, 0.1) is 5.39 Å². The number of hydrogen-bond donors (Lipinski definition) is 2. The van der Waals surface area contributed by atoms with Crippen molar-refractivity contribution in [2.45, 2.75) is 39.2 Å². The van der Waals surface area contributed by atoms with E-state index in [1.54, 1.807) is 30.4 Å². The van der Waals surface area contributed by atoms with Gasteiger partial charge in [0.1, 0.15) is 28.6 Å². The van der Waals surface area contributed by atoms with Gasteiger partial charge >= 0.3 is 5.97 Å². The average Bonchev–Trinajstić information content (AvgIpc) is 3.01. The zero-order valence-electron chi connectivity index (χ0n) is 14.3. The molecule has 3 aromatic rings. The van der Waals surface area contributed by atoms with Crippen molar-refractivity contribution in [1.29, 1.82) is 0 Å². The summed E-state index contributed by atoms with van der Waals surface area (Å²) in [5.74, 6) is -0.443. The minimum Gasteiger partial charge on any atom is -0.507 e. The second-order valence-corrected chi connectivity index (χ2v) is 7.53. The van der Waals surface area contributed by atoms with Crippen LogP contribution in [0, 0.1) is 6.92 Å². The first kappa shape index (κ1) is 16.8. The van der Waals surface area contributed by atoms with Crippen LogP contribution in [0.4, 0.5) is 0 Å². The maximum atomic E-state index is 12.5. The smallest absolute Gasteiger partial charge is 0.342 e. The summed E-state index contributed by atoms with van der Waals surface area (Å²) in [6.07, 6.45) is 4.15. The number of H-pyrrole nitrogens is 1. The lowest BCUT2D eigenvalue weighted by Crippen LogP contribution is -2.15. The molecule has 26 heavy (non-hydrogen) atoms. The lowest BCUT2D eigenvalue weighted by molar-refractivity contribution is 0.0459. The summed E-state index contributed by atoms with van der Waals surface area (Å²) in [5, 5.41) is 10.6. The summed E-state index contributed by atoms with van der Waals surface area (Å²) in [6, 6.07) is 4.88. The van der Waals surface area contributed by atoms with E-state index in [0.717, 1.165) is 31.2 Å². The topological polar surface area (TPSA) is 92.3 Å². The maximum Gasteiger partial charge on any atom is 0.342 e. The number of nitrogens with zero attached hydrogens (tertiary/aromatic N) is 1. The number of hydrogen-bond acceptors (Lipinski definition) is 6. The molecule has 0 atom stereocenters. The normalized spacial score (nSPS) is 13.6. The Kier molecular flexibility index (Phi) is 4.24. The van der Waals surface area contributed by atoms with Gasteiger partial charge in [0.25, 0.3) is 5.56 Å². The first-order chi connectivity index (χ1) is 12.5. The average molecular weight is 370 g/mol. The van der Waals surface area contributed by atoms with Crippen molar-refractivity contribution in [2.24, 2.45) is 0 Å². The largest absolute Gasteiger partial charge is 0.507 e. The number of para-hydroxylation sites is 1. The van der Waals surface area contributed by atoms with Gasteiger partial charge in [-0.05, 0) is 49.8 Å². The van der Waals surface area contributed by atoms with Crippen LogP contribution in [0.2, 0.25) is 0 Å². The number of aromatic hydroxyl groups is 1. The van der Waals surface area contributed by atoms with Crippen LogP contribution in [-0.2, 0) is 24.2 Å². The molecular weight excluding hydrogens is 352 g/mol. The fraction of sp³-hybridized carbons (Fsp3) is 0.316. The monoisotopic (exact) mass is 370 g/mol. The van der Waals surface area contributed by atoms with E-state index in [0.29, 0.717) is 21.6 Å². The summed E-state index contributed by atoms with van der Waals surface area (Å²) in [4.78, 5) is 33.8. The van der Waals surface area contributed by atoms with Gasteiger partial charge in [0.15, 0.2) is 0 Å². The number of phenols is 1. The molecule has 7 heteroatoms. The third-order valence-electron chi connectivity index (χ3n) is 4.67. The highest BCUT2D eigenvalue weighted by Gasteiger charge is 2.20. The van der Waals surface area contributed by atoms with Crippen molar-refractivity contribution in [3.8, 4) is 5.75 Å². The molecule has 1 aliphatic rings. The molecule has 2 N–H and O–H groups in total. The van der Waals surface area contributed by atoms with E-state index in [-0.39, 0.29) is 23.5 Å². The standard InChI is InChI=1S/C19H18N2O4S/c1-10-5-4-7-12(16(10)22)19(24)25-9-14-20-17(23)15-11-6-2-3-8-13(11)26-18(15)21-14/h4-5,7,22H,2-3,6,8-9H2,1H3,(H,20,21,23). The Balaban J connectivity index is 1.59. The van der Waals surface area contributed by atoms with E-state index in [9.17, 15) is 14.7 Å². The summed E-state index contributed by atoms with van der Waals surface area (Å²) in [5.41, 5.74) is 1.63. The molecule has 0 aliphatic heterocycles. The van der Waals surface area contributed by atoms with Gasteiger partial charge in [-0.2, -0.15) is 0 Å². The van der Waals surface area contributed by atoms with Crippen LogP contribution in [0.5, 0.6) is 5.75 Å². The lowest BCUT2D eigenvalue weighted by atomic mass is 9.97. The van der Waals surface area contributed by atoms with Crippen LogP contribution in [0.1, 0.15) is 45.0 Å². The van der Waals surface area contributed by atoms with Crippen molar-refractivity contribution in [1.82, 2.24) is 9.97 Å². The Labute approximate surface area is 153 Å². The highest BCUT2D eigenvalue weighted by molar-refractivity contribution is 7.18. The van der Waals surface area contributed by atoms with Gasteiger partial charge in [-0.1, -0.05) is 12.1 Å². The number of aromatic amines is 1. The first-order valence-electron chi connectivity index (χ1n) is 8.53. The molecule has 1 aliphatic carbocycles. The van der Waals surface area contributed by atoms with E-state index < -0.39 is 5.97 Å². The van der Waals surface area contributed by atoms with Crippen LogP contribution in [0.25, 0.3) is 10.2 Å². The first-order valence-corrected chi connectivity index (χ1v) is 9.35. The fourth-order valence-corrected chi connectivity index (χ4v) is 4.59. The number of thiophene rings is 1. The highest BCUT2D eigenvalue weighted by atomic mass is 32.1. The van der Waals surface area contributed by atoms with Crippen molar-refractivity contribution in [3.05, 3.63) is 55.9 Å². The van der Waals surface area contributed by atoms with Crippen LogP contribution >= 0.6 is 11.3 Å². The molecule has 0 saturated carbocycles. The second-order valence-electron chi connectivity index (χ2n) is 6.45. The molecule has 1 aromatic carbocycles. The third-order valence-corrected chi connectivity index (χ3v) is 5.86. The number of aromatic nitrogens is 2. The summed E-state index contributed by atoms with van der Waals surface area (Å²) >= 11 is 1.55. The zero-order chi connectivity index (χ0) is 18.3. The number of aryl methyl sites for hydroxylation is 3. The van der Waals surface area contributed by atoms with Crippen LogP contribution in [0.3, 0.4) is 0 Å². The quantitative estimate of drug-likeness (QED) is 0.691. The Bertz CT molecular complexity index is 1070. The summed E-state index contributed by atoms with van der Waals surface area (Å²) in [7, 11) is 0. The van der Waals surface area contributed by atoms with Crippen molar-refractivity contribution in [2.75, 3.05) is 0 Å². The summed E-state index contributed by atoms with van der Waals surface area (Å²) in [6.45, 7) is 1.55. The van der Waals surface area contributed by atoms with Gasteiger partial charge in [0, 0.05) is 4.88 Å². The number of nitrogens with one attached hydrogen (secondary N) is 1. The van der Waals surface area contributed by atoms with E-state index in [2.05, 4.69) is 9.97 Å². The number of phenolic OH excluding ortho intramolecular Hbond substituents is 1. The van der Waals surface area contributed by atoms with Crippen LogP contribution < -0.4 is 5.56 Å². The van der Waals surface area contributed by atoms with Crippen molar-refractivity contribution in [3.63, 3.8) is 0 Å². The second kappa shape index (κ2) is 6.57. The lowest BCUT2D eigenvalue weighted by Gasteiger charge is -2.09. The molecular formula is C19H18N2O4S. The molecule has 0 saturated heterocycles. The highest BCUT2D eigenvalue weighted by Crippen LogP contribution is 2.33. The molecule has 0 fully saturated rings. The van der Waals surface area contributed by atoms with Crippen LogP contribution in [0.15, 0.2) is 23.0 Å². The Morgan fingerprint density at radius 2 is 2.15 bits per heavy atom. The van der Waals surface area contributed by atoms with E-state index in [1.807, 2.05) is 0 Å². The molecule has 134 valence electrons. The predicted octanol–water partition coefficient (Wildman–Crippen LogP) is 3.23. The van der Waals surface area contributed by atoms with Gasteiger partial charge in [-0.15, -0.1) is 11.3 Å². The number of carbonyl (C=O) groups is 1. The predicted molar refractivity (Wildman–Crippen MR) is 98.8 cm³/mol. The van der Waals surface area contributed by atoms with E-state index in [4.69, 9.17) is 4.74 Å². The minimum absolute atomic E-state index is 0.0969. The van der Waals surface area contributed by atoms with Gasteiger partial charge in [0.2, 0.25) is 0 Å². The Morgan fingerprint density at radius 1 is 1.35 bits per heavy atom. The number of benzene rings is 1. The number of carbonyl (C=O) groups excluding carboxylic acids is 1. The maximum absolute atomic E-state index is 12.5. The molecule has 0 unspecified atom stereocenters. The van der Waals surface area contributed by atoms with Gasteiger partial charge in [-0.3, -0.25) is 4.79 Å². The van der Waals surface area contributed by atoms with Crippen molar-refractivity contribution >= 4 is 27.5 Å². The number of ether oxygens (including phenoxy) is 1. The third kappa shape index (κ3) is 2.88. The minimum atomic E-state index is -0.653. The van der Waals surface area contributed by atoms with Crippen molar-refractivity contribution < 1.29 is 14.6 Å². The van der Waals surface area contributed by atoms with Gasteiger partial charge < -0.3 is 14.8 Å². The van der Waals surface area contributed by atoms with Gasteiger partial charge in [-0.25, -0.2) is 9.78 Å². The molecule has 0 bridgehead atoms. The molecule has 2 aromatic heterocycles. The number of esters is 1. The number of rotatable bonds is 3. The SMILES string of the molecule is Cc1cccc(C(=O)OCc2nc3sc4c(c3c(=O)[nH]2)CCCC4)c1O. The van der Waals surface area contributed by atoms with E-state index >= 15 is 0 Å². The molecule has 2 heterocycles. The molecule has 6 nitrogen and oxygen atoms in total.